The summed E-state index contributed by atoms with van der Waals surface area (Å²) in [5, 5.41) is 0. The Balaban J connectivity index is 2.00. The first-order valence-corrected chi connectivity index (χ1v) is 9.45. The third kappa shape index (κ3) is 4.95. The third-order valence-electron chi connectivity index (χ3n) is 5.43. The normalized spacial score (nSPS) is 15.0. The largest absolute Gasteiger partial charge is 0.322 e. The maximum Gasteiger partial charge on any atom is 0.0378 e. The van der Waals surface area contributed by atoms with E-state index in [9.17, 15) is 0 Å². The molecular weight excluding hydrogens is 290 g/mol. The standard InChI is InChI=1S/C23H33N/c1-5-18(3)8-7-9-19-10-12-20(13-11-19)21-14-16-22(17-15-21)23(4,24)6-2/h10-18H,5-9,24H2,1-4H3. The van der Waals surface area contributed by atoms with Gasteiger partial charge in [-0.2, -0.15) is 0 Å². The van der Waals surface area contributed by atoms with Gasteiger partial charge in [-0.05, 0) is 54.4 Å². The second-order valence-electron chi connectivity index (χ2n) is 7.45. The van der Waals surface area contributed by atoms with Crippen molar-refractivity contribution >= 4 is 0 Å². The third-order valence-corrected chi connectivity index (χ3v) is 5.43. The highest BCUT2D eigenvalue weighted by atomic mass is 14.7. The molecule has 0 spiro atoms. The van der Waals surface area contributed by atoms with Crippen molar-refractivity contribution in [2.24, 2.45) is 11.7 Å². The topological polar surface area (TPSA) is 26.0 Å². The van der Waals surface area contributed by atoms with Crippen LogP contribution in [0.15, 0.2) is 48.5 Å². The van der Waals surface area contributed by atoms with Crippen LogP contribution >= 0.6 is 0 Å². The van der Waals surface area contributed by atoms with Gasteiger partial charge in [-0.3, -0.25) is 0 Å². The first-order valence-electron chi connectivity index (χ1n) is 9.45. The van der Waals surface area contributed by atoms with Crippen LogP contribution in [0.1, 0.15) is 64.5 Å². The molecule has 2 atom stereocenters. The molecule has 2 rings (SSSR count). The lowest BCUT2D eigenvalue weighted by atomic mass is 9.89. The van der Waals surface area contributed by atoms with E-state index < -0.39 is 0 Å². The molecule has 2 aromatic rings. The number of nitrogens with two attached hydrogens (primary N) is 1. The monoisotopic (exact) mass is 323 g/mol. The van der Waals surface area contributed by atoms with Crippen LogP contribution in [-0.2, 0) is 12.0 Å². The first kappa shape index (κ1) is 18.7. The van der Waals surface area contributed by atoms with E-state index in [2.05, 4.69) is 76.2 Å². The summed E-state index contributed by atoms with van der Waals surface area (Å²) in [5.41, 5.74) is 11.3. The van der Waals surface area contributed by atoms with Crippen LogP contribution in [0.5, 0.6) is 0 Å². The van der Waals surface area contributed by atoms with Crippen LogP contribution in [0.4, 0.5) is 0 Å². The van der Waals surface area contributed by atoms with E-state index in [1.165, 1.54) is 47.9 Å². The number of hydrogen-bond acceptors (Lipinski definition) is 1. The van der Waals surface area contributed by atoms with Crippen LogP contribution < -0.4 is 5.73 Å². The zero-order valence-electron chi connectivity index (χ0n) is 15.8. The van der Waals surface area contributed by atoms with Crippen molar-refractivity contribution < 1.29 is 0 Å². The van der Waals surface area contributed by atoms with Crippen molar-refractivity contribution in [2.75, 3.05) is 0 Å². The van der Waals surface area contributed by atoms with E-state index in [1.807, 2.05) is 0 Å². The zero-order chi connectivity index (χ0) is 17.6. The maximum absolute atomic E-state index is 6.32. The highest BCUT2D eigenvalue weighted by Crippen LogP contribution is 2.26. The van der Waals surface area contributed by atoms with Gasteiger partial charge in [0.05, 0.1) is 0 Å². The van der Waals surface area contributed by atoms with Crippen LogP contribution in [0.25, 0.3) is 11.1 Å². The summed E-state index contributed by atoms with van der Waals surface area (Å²) >= 11 is 0. The van der Waals surface area contributed by atoms with Crippen molar-refractivity contribution in [3.63, 3.8) is 0 Å². The summed E-state index contributed by atoms with van der Waals surface area (Å²) in [7, 11) is 0. The summed E-state index contributed by atoms with van der Waals surface area (Å²) in [4.78, 5) is 0. The first-order chi connectivity index (χ1) is 11.5. The molecule has 2 aromatic carbocycles. The second-order valence-corrected chi connectivity index (χ2v) is 7.45. The minimum Gasteiger partial charge on any atom is -0.322 e. The summed E-state index contributed by atoms with van der Waals surface area (Å²) in [6, 6.07) is 17.8. The fourth-order valence-electron chi connectivity index (χ4n) is 2.97. The van der Waals surface area contributed by atoms with Gasteiger partial charge in [0.1, 0.15) is 0 Å². The van der Waals surface area contributed by atoms with Gasteiger partial charge in [0.15, 0.2) is 0 Å². The highest BCUT2D eigenvalue weighted by Gasteiger charge is 2.17. The Morgan fingerprint density at radius 1 is 0.917 bits per heavy atom. The molecule has 1 heteroatoms. The van der Waals surface area contributed by atoms with Gasteiger partial charge in [-0.1, -0.05) is 82.1 Å². The smallest absolute Gasteiger partial charge is 0.0378 e. The number of benzene rings is 2. The highest BCUT2D eigenvalue weighted by molar-refractivity contribution is 5.64. The van der Waals surface area contributed by atoms with Crippen LogP contribution in [0, 0.1) is 5.92 Å². The fourth-order valence-corrected chi connectivity index (χ4v) is 2.97. The van der Waals surface area contributed by atoms with Crippen molar-refractivity contribution in [1.29, 1.82) is 0 Å². The average molecular weight is 324 g/mol. The molecule has 0 radical (unpaired) electrons. The van der Waals surface area contributed by atoms with Crippen LogP contribution in [0.3, 0.4) is 0 Å². The molecule has 0 bridgehead atoms. The summed E-state index contributed by atoms with van der Waals surface area (Å²) in [6.45, 7) is 8.85. The molecular formula is C23H33N. The van der Waals surface area contributed by atoms with E-state index in [-0.39, 0.29) is 5.54 Å². The van der Waals surface area contributed by atoms with Gasteiger partial charge < -0.3 is 5.73 Å². The Hall–Kier alpha value is -1.60. The lowest BCUT2D eigenvalue weighted by Crippen LogP contribution is -2.31. The van der Waals surface area contributed by atoms with Gasteiger partial charge in [-0.15, -0.1) is 0 Å². The lowest BCUT2D eigenvalue weighted by Gasteiger charge is -2.23. The van der Waals surface area contributed by atoms with E-state index in [1.54, 1.807) is 0 Å². The number of rotatable bonds is 8. The summed E-state index contributed by atoms with van der Waals surface area (Å²) in [6.07, 6.45) is 6.03. The Morgan fingerprint density at radius 3 is 1.96 bits per heavy atom. The zero-order valence-corrected chi connectivity index (χ0v) is 15.8. The predicted octanol–water partition coefficient (Wildman–Crippen LogP) is 6.31. The molecule has 0 aromatic heterocycles. The molecule has 2 N–H and O–H groups in total. The fraction of sp³-hybridized carbons (Fsp3) is 0.478. The quantitative estimate of drug-likeness (QED) is 0.605. The van der Waals surface area contributed by atoms with Crippen molar-refractivity contribution in [2.45, 2.75) is 65.3 Å². The molecule has 130 valence electrons. The predicted molar refractivity (Wildman–Crippen MR) is 106 cm³/mol. The number of hydrogen-bond donors (Lipinski definition) is 1. The molecule has 0 saturated carbocycles. The van der Waals surface area contributed by atoms with E-state index >= 15 is 0 Å². The molecule has 2 unspecified atom stereocenters. The average Bonchev–Trinajstić information content (AvgIpc) is 2.62. The molecule has 0 saturated heterocycles. The molecule has 24 heavy (non-hydrogen) atoms. The Kier molecular flexibility index (Phi) is 6.62. The SMILES string of the molecule is CCC(C)CCCc1ccc(-c2ccc(C(C)(N)CC)cc2)cc1. The maximum atomic E-state index is 6.32. The van der Waals surface area contributed by atoms with Crippen molar-refractivity contribution in [1.82, 2.24) is 0 Å². The molecule has 0 aliphatic rings. The Bertz CT molecular complexity index is 607. The van der Waals surface area contributed by atoms with Gasteiger partial charge in [-0.25, -0.2) is 0 Å². The van der Waals surface area contributed by atoms with Gasteiger partial charge in [0, 0.05) is 5.54 Å². The Morgan fingerprint density at radius 2 is 1.46 bits per heavy atom. The Labute approximate surface area is 148 Å². The van der Waals surface area contributed by atoms with Crippen molar-refractivity contribution in [3.05, 3.63) is 59.7 Å². The summed E-state index contributed by atoms with van der Waals surface area (Å²) < 4.78 is 0. The molecule has 0 fully saturated rings. The molecule has 0 aliphatic heterocycles. The summed E-state index contributed by atoms with van der Waals surface area (Å²) in [5.74, 6) is 0.846. The molecule has 0 amide bonds. The lowest BCUT2D eigenvalue weighted by molar-refractivity contribution is 0.476. The van der Waals surface area contributed by atoms with Gasteiger partial charge >= 0.3 is 0 Å². The molecule has 0 aliphatic carbocycles. The van der Waals surface area contributed by atoms with Crippen LogP contribution in [0.2, 0.25) is 0 Å². The van der Waals surface area contributed by atoms with Crippen LogP contribution in [-0.4, -0.2) is 0 Å². The molecule has 1 nitrogen and oxygen atoms in total. The minimum absolute atomic E-state index is 0.238. The molecule has 0 heterocycles. The van der Waals surface area contributed by atoms with E-state index in [4.69, 9.17) is 5.73 Å². The second kappa shape index (κ2) is 8.48. The van der Waals surface area contributed by atoms with E-state index in [0.717, 1.165) is 12.3 Å². The number of aryl methyl sites for hydroxylation is 1. The minimum atomic E-state index is -0.238. The van der Waals surface area contributed by atoms with Gasteiger partial charge in [0.25, 0.3) is 0 Å². The van der Waals surface area contributed by atoms with Crippen molar-refractivity contribution in [3.8, 4) is 11.1 Å². The van der Waals surface area contributed by atoms with E-state index in [0.29, 0.717) is 0 Å². The van der Waals surface area contributed by atoms with Gasteiger partial charge in [0.2, 0.25) is 0 Å².